The maximum absolute atomic E-state index is 13.0. The van der Waals surface area contributed by atoms with Gasteiger partial charge in [0.25, 0.3) is 0 Å². The molecule has 162 valence electrons. The van der Waals surface area contributed by atoms with Crippen molar-refractivity contribution in [3.63, 3.8) is 0 Å². The number of imidazole rings is 1. The normalized spacial score (nSPS) is 16.2. The summed E-state index contributed by atoms with van der Waals surface area (Å²) in [5.74, 6) is -1.50. The molecule has 3 atom stereocenters. The molecule has 0 saturated heterocycles. The van der Waals surface area contributed by atoms with E-state index < -0.39 is 30.0 Å². The monoisotopic (exact) mass is 415 g/mol. The zero-order valence-corrected chi connectivity index (χ0v) is 17.8. The van der Waals surface area contributed by atoms with Crippen LogP contribution in [0.3, 0.4) is 0 Å². The fourth-order valence-electron chi connectivity index (χ4n) is 3.65. The number of hydrogen-bond donors (Lipinski definition) is 3. The van der Waals surface area contributed by atoms with Crippen molar-refractivity contribution in [2.24, 2.45) is 11.8 Å². The second kappa shape index (κ2) is 8.73. The zero-order chi connectivity index (χ0) is 22.0. The lowest BCUT2D eigenvalue weighted by molar-refractivity contribution is -0.143. The molecule has 1 aliphatic rings. The minimum atomic E-state index is -1.10. The molecule has 2 aromatic rings. The number of fused-ring (bicyclic) bond motifs is 3. The minimum Gasteiger partial charge on any atom is -0.480 e. The highest BCUT2D eigenvalue weighted by molar-refractivity contribution is 5.97. The topological polar surface area (TPSA) is 117 Å². The number of anilines is 1. The molecule has 1 aliphatic heterocycles. The van der Waals surface area contributed by atoms with Crippen molar-refractivity contribution in [3.8, 4) is 0 Å². The Morgan fingerprint density at radius 3 is 2.43 bits per heavy atom. The van der Waals surface area contributed by atoms with Gasteiger partial charge in [0, 0.05) is 13.1 Å². The van der Waals surface area contributed by atoms with Crippen LogP contribution >= 0.6 is 0 Å². The van der Waals surface area contributed by atoms with E-state index in [1.807, 2.05) is 42.7 Å². The van der Waals surface area contributed by atoms with Crippen LogP contribution in [-0.4, -0.2) is 51.2 Å². The van der Waals surface area contributed by atoms with Gasteiger partial charge in [0.2, 0.25) is 11.9 Å². The number of amides is 3. The second-order valence-electron chi connectivity index (χ2n) is 8.09. The van der Waals surface area contributed by atoms with Gasteiger partial charge < -0.3 is 20.3 Å². The van der Waals surface area contributed by atoms with E-state index in [-0.39, 0.29) is 11.8 Å². The smallest absolute Gasteiger partial charge is 0.326 e. The number of rotatable bonds is 7. The molecule has 0 spiro atoms. The molecular formula is C21H29N5O4. The first-order valence-electron chi connectivity index (χ1n) is 10.3. The number of carbonyl (C=O) groups excluding carboxylic acids is 2. The highest BCUT2D eigenvalue weighted by Crippen LogP contribution is 2.27. The van der Waals surface area contributed by atoms with Crippen LogP contribution < -0.4 is 15.5 Å². The Morgan fingerprint density at radius 1 is 1.10 bits per heavy atom. The molecule has 0 fully saturated rings. The Labute approximate surface area is 175 Å². The summed E-state index contributed by atoms with van der Waals surface area (Å²) in [6.07, 6.45) is 0.649. The van der Waals surface area contributed by atoms with Crippen LogP contribution in [-0.2, 0) is 16.1 Å². The summed E-state index contributed by atoms with van der Waals surface area (Å²) in [5.41, 5.74) is 1.77. The summed E-state index contributed by atoms with van der Waals surface area (Å²) in [5, 5.41) is 14.8. The molecule has 0 saturated carbocycles. The molecule has 3 amide bonds. The number of nitrogens with one attached hydrogen (secondary N) is 2. The highest BCUT2D eigenvalue weighted by Gasteiger charge is 2.34. The van der Waals surface area contributed by atoms with E-state index in [1.54, 1.807) is 13.8 Å². The molecule has 9 nitrogen and oxygen atoms in total. The number of hydrogen-bond acceptors (Lipinski definition) is 4. The average Bonchev–Trinajstić information content (AvgIpc) is 3.28. The SMILES string of the molecule is CC[C@@H](C)[C@H](NC(=O)N1CCn2c1nc1ccccc12)C(=O)N[C@@H](C(=O)O)C(C)C. The first-order valence-corrected chi connectivity index (χ1v) is 10.3. The lowest BCUT2D eigenvalue weighted by atomic mass is 9.97. The number of carbonyl (C=O) groups is 3. The molecule has 0 aliphatic carbocycles. The third-order valence-electron chi connectivity index (χ3n) is 5.67. The number of aromatic nitrogens is 2. The number of carboxylic acid groups (broad SMARTS) is 1. The molecule has 30 heavy (non-hydrogen) atoms. The van der Waals surface area contributed by atoms with Crippen LogP contribution in [0.25, 0.3) is 11.0 Å². The number of urea groups is 1. The maximum atomic E-state index is 13.0. The third kappa shape index (κ3) is 4.10. The molecule has 2 heterocycles. The molecular weight excluding hydrogens is 386 g/mol. The maximum Gasteiger partial charge on any atom is 0.326 e. The number of carboxylic acids is 1. The van der Waals surface area contributed by atoms with E-state index >= 15 is 0 Å². The summed E-state index contributed by atoms with van der Waals surface area (Å²) in [6.45, 7) is 8.31. The van der Waals surface area contributed by atoms with Crippen molar-refractivity contribution in [3.05, 3.63) is 24.3 Å². The summed E-state index contributed by atoms with van der Waals surface area (Å²) >= 11 is 0. The zero-order valence-electron chi connectivity index (χ0n) is 17.8. The highest BCUT2D eigenvalue weighted by atomic mass is 16.4. The van der Waals surface area contributed by atoms with Gasteiger partial charge in [-0.05, 0) is 24.0 Å². The van der Waals surface area contributed by atoms with E-state index in [2.05, 4.69) is 15.6 Å². The van der Waals surface area contributed by atoms with Gasteiger partial charge >= 0.3 is 12.0 Å². The van der Waals surface area contributed by atoms with Gasteiger partial charge in [0.05, 0.1) is 11.0 Å². The Bertz CT molecular complexity index is 954. The Morgan fingerprint density at radius 2 is 1.80 bits per heavy atom. The molecule has 0 bridgehead atoms. The molecule has 1 aromatic heterocycles. The number of benzene rings is 1. The van der Waals surface area contributed by atoms with E-state index in [0.29, 0.717) is 25.5 Å². The van der Waals surface area contributed by atoms with Gasteiger partial charge in [0.15, 0.2) is 0 Å². The summed E-state index contributed by atoms with van der Waals surface area (Å²) < 4.78 is 1.98. The van der Waals surface area contributed by atoms with Gasteiger partial charge in [-0.2, -0.15) is 0 Å². The fourth-order valence-corrected chi connectivity index (χ4v) is 3.65. The van der Waals surface area contributed by atoms with E-state index in [0.717, 1.165) is 11.0 Å². The van der Waals surface area contributed by atoms with Gasteiger partial charge in [-0.25, -0.2) is 14.6 Å². The summed E-state index contributed by atoms with van der Waals surface area (Å²) in [4.78, 5) is 43.5. The van der Waals surface area contributed by atoms with Gasteiger partial charge in [-0.15, -0.1) is 0 Å². The minimum absolute atomic E-state index is 0.169. The Balaban J connectivity index is 1.78. The lowest BCUT2D eigenvalue weighted by Gasteiger charge is -2.28. The molecule has 1 aromatic carbocycles. The first kappa shape index (κ1) is 21.6. The quantitative estimate of drug-likeness (QED) is 0.641. The van der Waals surface area contributed by atoms with E-state index in [1.165, 1.54) is 4.90 Å². The predicted molar refractivity (Wildman–Crippen MR) is 113 cm³/mol. The number of para-hydroxylation sites is 2. The Kier molecular flexibility index (Phi) is 6.28. The van der Waals surface area contributed by atoms with E-state index in [4.69, 9.17) is 0 Å². The van der Waals surface area contributed by atoms with Crippen LogP contribution in [0.4, 0.5) is 10.7 Å². The molecule has 9 heteroatoms. The van der Waals surface area contributed by atoms with Crippen molar-refractivity contribution >= 4 is 34.9 Å². The Hall–Kier alpha value is -3.10. The van der Waals surface area contributed by atoms with Gasteiger partial charge in [-0.3, -0.25) is 9.69 Å². The average molecular weight is 415 g/mol. The molecule has 0 unspecified atom stereocenters. The predicted octanol–water partition coefficient (Wildman–Crippen LogP) is 2.21. The van der Waals surface area contributed by atoms with Crippen molar-refractivity contribution < 1.29 is 19.5 Å². The summed E-state index contributed by atoms with van der Waals surface area (Å²) in [6, 6.07) is 5.40. The van der Waals surface area contributed by atoms with Crippen LogP contribution in [0.5, 0.6) is 0 Å². The van der Waals surface area contributed by atoms with Gasteiger partial charge in [-0.1, -0.05) is 46.2 Å². The summed E-state index contributed by atoms with van der Waals surface area (Å²) in [7, 11) is 0. The molecule has 3 rings (SSSR count). The largest absolute Gasteiger partial charge is 0.480 e. The molecule has 0 radical (unpaired) electrons. The standard InChI is InChI=1S/C21H29N5O4/c1-5-13(4)17(18(27)23-16(12(2)3)19(28)29)24-21(30)26-11-10-25-15-9-7-6-8-14(15)22-20(25)26/h6-9,12-13,16-17H,5,10-11H2,1-4H3,(H,23,27)(H,24,30)(H,28,29)/t13-,16-,17+/m1/s1. The lowest BCUT2D eigenvalue weighted by Crippen LogP contribution is -2.57. The second-order valence-corrected chi connectivity index (χ2v) is 8.09. The fraction of sp³-hybridized carbons (Fsp3) is 0.524. The third-order valence-corrected chi connectivity index (χ3v) is 5.67. The van der Waals surface area contributed by atoms with Crippen LogP contribution in [0.1, 0.15) is 34.1 Å². The number of aliphatic carboxylic acids is 1. The van der Waals surface area contributed by atoms with Crippen LogP contribution in [0.2, 0.25) is 0 Å². The van der Waals surface area contributed by atoms with Crippen molar-refractivity contribution in [2.75, 3.05) is 11.4 Å². The molecule has 3 N–H and O–H groups in total. The van der Waals surface area contributed by atoms with Crippen molar-refractivity contribution in [1.29, 1.82) is 0 Å². The van der Waals surface area contributed by atoms with Crippen molar-refractivity contribution in [2.45, 2.75) is 52.7 Å². The first-order chi connectivity index (χ1) is 14.2. The van der Waals surface area contributed by atoms with Gasteiger partial charge in [0.1, 0.15) is 12.1 Å². The van der Waals surface area contributed by atoms with E-state index in [9.17, 15) is 19.5 Å². The van der Waals surface area contributed by atoms with Crippen LogP contribution in [0, 0.1) is 11.8 Å². The number of nitrogens with zero attached hydrogens (tertiary/aromatic N) is 3. The van der Waals surface area contributed by atoms with Crippen LogP contribution in [0.15, 0.2) is 24.3 Å². The van der Waals surface area contributed by atoms with Crippen molar-refractivity contribution in [1.82, 2.24) is 20.2 Å².